The lowest BCUT2D eigenvalue weighted by Crippen LogP contribution is -2.54. The van der Waals surface area contributed by atoms with Gasteiger partial charge < -0.3 is 9.42 Å². The Morgan fingerprint density at radius 2 is 1.86 bits per heavy atom. The molecule has 2 aromatic rings. The van der Waals surface area contributed by atoms with Crippen LogP contribution in [0, 0.1) is 23.2 Å². The average Bonchev–Trinajstić information content (AvgIpc) is 3.36. The Balaban J connectivity index is 1.27. The summed E-state index contributed by atoms with van der Waals surface area (Å²) in [6.07, 6.45) is 9.23. The molecule has 1 aromatic heterocycles. The second-order valence-corrected chi connectivity index (χ2v) is 10.3. The lowest BCUT2D eigenvalue weighted by atomic mass is 9.49. The van der Waals surface area contributed by atoms with Crippen LogP contribution in [0.1, 0.15) is 63.3 Å². The number of halogens is 1. The summed E-state index contributed by atoms with van der Waals surface area (Å²) >= 11 is 6.10. The maximum atomic E-state index is 13.8. The van der Waals surface area contributed by atoms with Crippen LogP contribution in [0.3, 0.4) is 0 Å². The van der Waals surface area contributed by atoms with E-state index in [-0.39, 0.29) is 11.5 Å². The number of aromatic nitrogens is 2. The molecule has 4 bridgehead atoms. The van der Waals surface area contributed by atoms with Gasteiger partial charge in [-0.15, -0.1) is 0 Å². The maximum Gasteiger partial charge on any atom is 0.249 e. The molecule has 0 spiro atoms. The van der Waals surface area contributed by atoms with Crippen LogP contribution in [-0.4, -0.2) is 27.5 Å². The molecule has 5 aliphatic rings. The molecule has 1 amide bonds. The number of hydrogen-bond acceptors (Lipinski definition) is 4. The van der Waals surface area contributed by atoms with Crippen molar-refractivity contribution in [3.8, 4) is 11.4 Å². The highest BCUT2D eigenvalue weighted by atomic mass is 35.5. The topological polar surface area (TPSA) is 59.2 Å². The molecule has 152 valence electrons. The van der Waals surface area contributed by atoms with Gasteiger partial charge in [-0.05, 0) is 81.3 Å². The average molecular weight is 412 g/mol. The third-order valence-corrected chi connectivity index (χ3v) is 8.05. The van der Waals surface area contributed by atoms with E-state index in [4.69, 9.17) is 16.1 Å². The Bertz CT molecular complexity index is 920. The van der Waals surface area contributed by atoms with Crippen LogP contribution in [-0.2, 0) is 4.79 Å². The normalized spacial score (nSPS) is 35.4. The van der Waals surface area contributed by atoms with Crippen molar-refractivity contribution in [2.75, 3.05) is 6.54 Å². The highest BCUT2D eigenvalue weighted by Crippen LogP contribution is 2.61. The smallest absolute Gasteiger partial charge is 0.249 e. The minimum atomic E-state index is -0.118. The molecule has 1 atom stereocenters. The lowest BCUT2D eigenvalue weighted by molar-refractivity contribution is -0.159. The predicted molar refractivity (Wildman–Crippen MR) is 109 cm³/mol. The molecular formula is C23H26ClN3O2. The molecule has 4 aliphatic carbocycles. The van der Waals surface area contributed by atoms with Gasteiger partial charge in [0.25, 0.3) is 0 Å². The minimum Gasteiger partial charge on any atom is -0.337 e. The largest absolute Gasteiger partial charge is 0.337 e. The molecule has 29 heavy (non-hydrogen) atoms. The summed E-state index contributed by atoms with van der Waals surface area (Å²) in [6, 6.07) is 7.38. The number of carbonyl (C=O) groups is 1. The van der Waals surface area contributed by atoms with Crippen LogP contribution in [0.25, 0.3) is 11.4 Å². The predicted octanol–water partition coefficient (Wildman–Crippen LogP) is 5.27. The Labute approximate surface area is 175 Å². The van der Waals surface area contributed by atoms with Gasteiger partial charge in [-0.25, -0.2) is 0 Å². The minimum absolute atomic E-state index is 0.0871. The molecule has 1 aromatic carbocycles. The fraction of sp³-hybridized carbons (Fsp3) is 0.609. The zero-order chi connectivity index (χ0) is 19.6. The molecule has 2 heterocycles. The van der Waals surface area contributed by atoms with Crippen molar-refractivity contribution in [3.63, 3.8) is 0 Å². The number of benzene rings is 1. The van der Waals surface area contributed by atoms with Gasteiger partial charge in [0.2, 0.25) is 17.6 Å². The van der Waals surface area contributed by atoms with E-state index in [1.54, 1.807) is 0 Å². The molecule has 0 unspecified atom stereocenters. The van der Waals surface area contributed by atoms with E-state index in [1.165, 1.54) is 19.3 Å². The molecular weight excluding hydrogens is 386 g/mol. The zero-order valence-corrected chi connectivity index (χ0v) is 17.3. The Morgan fingerprint density at radius 3 is 2.55 bits per heavy atom. The van der Waals surface area contributed by atoms with Crippen LogP contribution < -0.4 is 0 Å². The van der Waals surface area contributed by atoms with Gasteiger partial charge in [-0.2, -0.15) is 4.98 Å². The van der Waals surface area contributed by atoms with E-state index in [9.17, 15) is 4.79 Å². The van der Waals surface area contributed by atoms with Crippen molar-refractivity contribution in [1.82, 2.24) is 15.0 Å². The maximum absolute atomic E-state index is 13.8. The second kappa shape index (κ2) is 6.56. The van der Waals surface area contributed by atoms with Crippen LogP contribution in [0.2, 0.25) is 5.02 Å². The molecule has 0 N–H and O–H groups in total. The standard InChI is InChI=1S/C23H26ClN3O2/c24-18-4-1-3-17(10-18)20-25-21(29-26-20)19-5-2-6-27(19)22(28)23-11-14-7-15(12-23)9-16(8-14)13-23/h1,3-4,10,14-16,19H,2,5-9,11-13H2/t14?,15?,16?,19-,23?/m0/s1. The molecule has 1 saturated heterocycles. The summed E-state index contributed by atoms with van der Waals surface area (Å²) in [7, 11) is 0. The molecule has 5 nitrogen and oxygen atoms in total. The van der Waals surface area contributed by atoms with E-state index >= 15 is 0 Å². The molecule has 6 heteroatoms. The van der Waals surface area contributed by atoms with Crippen LogP contribution >= 0.6 is 11.6 Å². The SMILES string of the molecule is O=C(N1CCC[C@H]1c1nc(-c2cccc(Cl)c2)no1)C12CC3CC(CC(C3)C1)C2. The van der Waals surface area contributed by atoms with E-state index in [1.807, 2.05) is 24.3 Å². The van der Waals surface area contributed by atoms with Gasteiger partial charge in [0.15, 0.2) is 0 Å². The summed E-state index contributed by atoms with van der Waals surface area (Å²) in [5.74, 6) is 3.77. The van der Waals surface area contributed by atoms with Crippen LogP contribution in [0.15, 0.2) is 28.8 Å². The zero-order valence-electron chi connectivity index (χ0n) is 16.5. The van der Waals surface area contributed by atoms with Crippen molar-refractivity contribution in [2.45, 2.75) is 57.4 Å². The summed E-state index contributed by atoms with van der Waals surface area (Å²) in [6.45, 7) is 0.806. The molecule has 7 rings (SSSR count). The number of rotatable bonds is 3. The first-order chi connectivity index (χ1) is 14.1. The lowest BCUT2D eigenvalue weighted by Gasteiger charge is -2.56. The van der Waals surface area contributed by atoms with E-state index in [0.29, 0.717) is 22.6 Å². The quantitative estimate of drug-likeness (QED) is 0.690. The highest BCUT2D eigenvalue weighted by Gasteiger charge is 2.56. The van der Waals surface area contributed by atoms with Crippen molar-refractivity contribution in [1.29, 1.82) is 0 Å². The van der Waals surface area contributed by atoms with Gasteiger partial charge >= 0.3 is 0 Å². The monoisotopic (exact) mass is 411 g/mol. The van der Waals surface area contributed by atoms with E-state index in [2.05, 4.69) is 15.0 Å². The van der Waals surface area contributed by atoms with Crippen molar-refractivity contribution in [3.05, 3.63) is 35.2 Å². The van der Waals surface area contributed by atoms with Gasteiger partial charge in [0.05, 0.1) is 5.41 Å². The molecule has 4 saturated carbocycles. The number of carbonyl (C=O) groups excluding carboxylic acids is 1. The van der Waals surface area contributed by atoms with Crippen molar-refractivity contribution >= 4 is 17.5 Å². The fourth-order valence-corrected chi connectivity index (χ4v) is 7.25. The fourth-order valence-electron chi connectivity index (χ4n) is 7.06. The number of likely N-dealkylation sites (tertiary alicyclic amines) is 1. The van der Waals surface area contributed by atoms with Gasteiger partial charge in [0.1, 0.15) is 6.04 Å². The van der Waals surface area contributed by atoms with E-state index in [0.717, 1.165) is 62.0 Å². The molecule has 0 radical (unpaired) electrons. The summed E-state index contributed by atoms with van der Waals surface area (Å²) in [5.41, 5.74) is 0.720. The third kappa shape index (κ3) is 2.92. The Morgan fingerprint density at radius 1 is 1.14 bits per heavy atom. The Kier molecular flexibility index (Phi) is 4.06. The first kappa shape index (κ1) is 17.9. The van der Waals surface area contributed by atoms with Crippen molar-refractivity contribution in [2.24, 2.45) is 23.2 Å². The van der Waals surface area contributed by atoms with Crippen LogP contribution in [0.5, 0.6) is 0 Å². The third-order valence-electron chi connectivity index (χ3n) is 7.82. The Hall–Kier alpha value is -1.88. The summed E-state index contributed by atoms with van der Waals surface area (Å²) < 4.78 is 5.64. The van der Waals surface area contributed by atoms with E-state index < -0.39 is 0 Å². The first-order valence-corrected chi connectivity index (χ1v) is 11.4. The number of hydrogen-bond donors (Lipinski definition) is 0. The summed E-state index contributed by atoms with van der Waals surface area (Å²) in [4.78, 5) is 20.5. The van der Waals surface area contributed by atoms with Gasteiger partial charge in [-0.3, -0.25) is 4.79 Å². The molecule has 1 aliphatic heterocycles. The van der Waals surface area contributed by atoms with Crippen LogP contribution in [0.4, 0.5) is 0 Å². The highest BCUT2D eigenvalue weighted by molar-refractivity contribution is 6.30. The number of amides is 1. The second-order valence-electron chi connectivity index (χ2n) is 9.82. The first-order valence-electron chi connectivity index (χ1n) is 11.0. The van der Waals surface area contributed by atoms with Gasteiger partial charge in [-0.1, -0.05) is 28.9 Å². The van der Waals surface area contributed by atoms with Crippen molar-refractivity contribution < 1.29 is 9.32 Å². The number of nitrogens with zero attached hydrogens (tertiary/aromatic N) is 3. The summed E-state index contributed by atoms with van der Waals surface area (Å²) in [5, 5.41) is 4.82. The molecule has 5 fully saturated rings. The van der Waals surface area contributed by atoms with Gasteiger partial charge in [0, 0.05) is 17.1 Å².